The maximum absolute atomic E-state index is 12.5. The Morgan fingerprint density at radius 3 is 2.07 bits per heavy atom. The minimum Gasteiger partial charge on any atom is -0.166 e. The molecule has 1 aromatic rings. The first-order valence-corrected chi connectivity index (χ1v) is 8.50. The smallest absolute Gasteiger partial charge is 0.166 e. The quantitative estimate of drug-likeness (QED) is 0.529. The Bertz CT molecular complexity index is 334. The third-order valence-corrected chi connectivity index (χ3v) is 4.41. The van der Waals surface area contributed by atoms with E-state index in [0.29, 0.717) is 10.8 Å². The summed E-state index contributed by atoms with van der Waals surface area (Å²) < 4.78 is 37.5. The molecule has 0 N–H and O–H groups in total. The average Bonchev–Trinajstić information content (AvgIpc) is 1.99. The van der Waals surface area contributed by atoms with E-state index in [0.717, 1.165) is 12.1 Å². The highest BCUT2D eigenvalue weighted by molar-refractivity contribution is 7.26. The first-order chi connectivity index (χ1) is 6.60. The monoisotopic (exact) mass is 252 g/mol. The molecular formula is C10H12ClF3Si. The molecule has 0 spiro atoms. The van der Waals surface area contributed by atoms with Crippen molar-refractivity contribution in [1.29, 1.82) is 0 Å². The van der Waals surface area contributed by atoms with Crippen LogP contribution in [-0.2, 0) is 6.18 Å². The van der Waals surface area contributed by atoms with Crippen molar-refractivity contribution >= 4 is 23.6 Å². The van der Waals surface area contributed by atoms with Gasteiger partial charge in [-0.3, -0.25) is 0 Å². The molecule has 0 saturated heterocycles. The number of aryl methyl sites for hydroxylation is 1. The van der Waals surface area contributed by atoms with Gasteiger partial charge in [0, 0.05) is 0 Å². The van der Waals surface area contributed by atoms with E-state index in [1.165, 1.54) is 0 Å². The molecule has 0 atom stereocenters. The molecule has 0 radical (unpaired) electrons. The molecule has 0 unspecified atom stereocenters. The molecule has 0 aliphatic heterocycles. The summed E-state index contributed by atoms with van der Waals surface area (Å²) in [5.41, 5.74) is -0.0141. The lowest BCUT2D eigenvalue weighted by Crippen LogP contribution is -2.36. The summed E-state index contributed by atoms with van der Waals surface area (Å²) in [6, 6.07) is 4.03. The van der Waals surface area contributed by atoms with Crippen LogP contribution in [0.2, 0.25) is 13.1 Å². The van der Waals surface area contributed by atoms with Crippen LogP contribution in [0.5, 0.6) is 0 Å². The van der Waals surface area contributed by atoms with Crippen molar-refractivity contribution in [3.05, 3.63) is 29.3 Å². The van der Waals surface area contributed by atoms with Crippen molar-refractivity contribution in [1.82, 2.24) is 0 Å². The molecule has 15 heavy (non-hydrogen) atoms. The standard InChI is InChI=1S/C10H12ClF3Si/c1-7-4-8(10(12,13)14)6-9(5-7)15(2,3)11/h4-6H,1-3H3. The van der Waals surface area contributed by atoms with Crippen molar-refractivity contribution in [2.45, 2.75) is 26.2 Å². The van der Waals surface area contributed by atoms with Crippen molar-refractivity contribution in [2.75, 3.05) is 0 Å². The van der Waals surface area contributed by atoms with Gasteiger partial charge in [0.25, 0.3) is 0 Å². The summed E-state index contributed by atoms with van der Waals surface area (Å²) >= 11 is 6.12. The van der Waals surface area contributed by atoms with E-state index in [4.69, 9.17) is 11.1 Å². The molecule has 1 aromatic carbocycles. The van der Waals surface area contributed by atoms with Crippen LogP contribution >= 0.6 is 11.1 Å². The number of halogens is 4. The van der Waals surface area contributed by atoms with Gasteiger partial charge in [0.15, 0.2) is 7.38 Å². The Kier molecular flexibility index (Phi) is 3.21. The number of alkyl halides is 3. The van der Waals surface area contributed by atoms with Crippen LogP contribution in [0.3, 0.4) is 0 Å². The number of hydrogen-bond donors (Lipinski definition) is 0. The largest absolute Gasteiger partial charge is 0.416 e. The van der Waals surface area contributed by atoms with E-state index in [9.17, 15) is 13.2 Å². The SMILES string of the molecule is Cc1cc(C(F)(F)F)cc([Si](C)(C)Cl)c1. The average molecular weight is 253 g/mol. The Hall–Kier alpha value is -0.483. The van der Waals surface area contributed by atoms with Gasteiger partial charge in [0.1, 0.15) is 0 Å². The summed E-state index contributed by atoms with van der Waals surface area (Å²) in [6.45, 7) is 5.27. The predicted octanol–water partition coefficient (Wildman–Crippen LogP) is 3.66. The number of benzene rings is 1. The zero-order valence-electron chi connectivity index (χ0n) is 8.74. The molecule has 0 fully saturated rings. The van der Waals surface area contributed by atoms with Crippen molar-refractivity contribution in [3.63, 3.8) is 0 Å². The van der Waals surface area contributed by atoms with Crippen LogP contribution < -0.4 is 5.19 Å². The van der Waals surface area contributed by atoms with Gasteiger partial charge in [0.05, 0.1) is 5.56 Å². The Labute approximate surface area is 92.8 Å². The molecular weight excluding hydrogens is 241 g/mol. The maximum Gasteiger partial charge on any atom is 0.416 e. The molecule has 0 nitrogen and oxygen atoms in total. The second-order valence-corrected chi connectivity index (χ2v) is 10.4. The van der Waals surface area contributed by atoms with E-state index in [1.807, 2.05) is 13.1 Å². The Morgan fingerprint density at radius 2 is 1.67 bits per heavy atom. The van der Waals surface area contributed by atoms with Gasteiger partial charge in [0.2, 0.25) is 0 Å². The van der Waals surface area contributed by atoms with Crippen molar-refractivity contribution in [2.24, 2.45) is 0 Å². The van der Waals surface area contributed by atoms with Gasteiger partial charge >= 0.3 is 6.18 Å². The van der Waals surface area contributed by atoms with Gasteiger partial charge in [-0.1, -0.05) is 24.7 Å². The zero-order chi connectivity index (χ0) is 11.9. The number of rotatable bonds is 1. The fourth-order valence-corrected chi connectivity index (χ4v) is 2.69. The molecule has 0 bridgehead atoms. The van der Waals surface area contributed by atoms with E-state index in [1.54, 1.807) is 13.0 Å². The highest BCUT2D eigenvalue weighted by Gasteiger charge is 2.32. The lowest BCUT2D eigenvalue weighted by molar-refractivity contribution is -0.137. The number of hydrogen-bond acceptors (Lipinski definition) is 0. The lowest BCUT2D eigenvalue weighted by Gasteiger charge is -2.17. The predicted molar refractivity (Wildman–Crippen MR) is 59.2 cm³/mol. The van der Waals surface area contributed by atoms with Gasteiger partial charge < -0.3 is 0 Å². The summed E-state index contributed by atoms with van der Waals surface area (Å²) in [7, 11) is -2.20. The second-order valence-electron chi connectivity index (χ2n) is 4.06. The fourth-order valence-electron chi connectivity index (χ4n) is 1.29. The Morgan fingerprint density at radius 1 is 1.13 bits per heavy atom. The lowest BCUT2D eigenvalue weighted by atomic mass is 10.1. The summed E-state index contributed by atoms with van der Waals surface area (Å²) in [5, 5.41) is 0.622. The molecule has 0 saturated carbocycles. The molecule has 0 aliphatic rings. The van der Waals surface area contributed by atoms with Crippen LogP contribution in [0.15, 0.2) is 18.2 Å². The zero-order valence-corrected chi connectivity index (χ0v) is 10.5. The summed E-state index contributed by atoms with van der Waals surface area (Å²) in [4.78, 5) is 0. The summed E-state index contributed by atoms with van der Waals surface area (Å²) in [5.74, 6) is 0. The van der Waals surface area contributed by atoms with Crippen molar-refractivity contribution < 1.29 is 13.2 Å². The third kappa shape index (κ3) is 3.24. The topological polar surface area (TPSA) is 0 Å². The first-order valence-electron chi connectivity index (χ1n) is 4.49. The fraction of sp³-hybridized carbons (Fsp3) is 0.400. The highest BCUT2D eigenvalue weighted by Crippen LogP contribution is 2.29. The van der Waals surface area contributed by atoms with Gasteiger partial charge in [-0.15, -0.1) is 0 Å². The minimum absolute atomic E-state index is 0.598. The van der Waals surface area contributed by atoms with Crippen LogP contribution in [0.1, 0.15) is 11.1 Å². The van der Waals surface area contributed by atoms with E-state index >= 15 is 0 Å². The Balaban J connectivity index is 3.30. The van der Waals surface area contributed by atoms with E-state index in [2.05, 4.69) is 0 Å². The normalized spacial score (nSPS) is 13.0. The summed E-state index contributed by atoms with van der Waals surface area (Å²) in [6.07, 6.45) is -4.29. The molecule has 0 aromatic heterocycles. The van der Waals surface area contributed by atoms with Gasteiger partial charge in [-0.05, 0) is 24.2 Å². The molecule has 0 aliphatic carbocycles. The van der Waals surface area contributed by atoms with Gasteiger partial charge in [-0.25, -0.2) is 0 Å². The maximum atomic E-state index is 12.5. The van der Waals surface area contributed by atoms with Crippen LogP contribution in [0.4, 0.5) is 13.2 Å². The molecule has 0 amide bonds. The van der Waals surface area contributed by atoms with Crippen LogP contribution in [0, 0.1) is 6.92 Å². The van der Waals surface area contributed by atoms with Crippen molar-refractivity contribution in [3.8, 4) is 0 Å². The first kappa shape index (κ1) is 12.6. The minimum atomic E-state index is -4.29. The van der Waals surface area contributed by atoms with E-state index < -0.39 is 19.1 Å². The van der Waals surface area contributed by atoms with Crippen LogP contribution in [-0.4, -0.2) is 7.38 Å². The molecule has 0 heterocycles. The van der Waals surface area contributed by atoms with Gasteiger partial charge in [-0.2, -0.15) is 24.3 Å². The van der Waals surface area contributed by atoms with Crippen LogP contribution in [0.25, 0.3) is 0 Å². The third-order valence-electron chi connectivity index (χ3n) is 2.09. The molecule has 5 heteroatoms. The molecule has 1 rings (SSSR count). The second kappa shape index (κ2) is 3.83. The highest BCUT2D eigenvalue weighted by atomic mass is 35.6. The van der Waals surface area contributed by atoms with E-state index in [-0.39, 0.29) is 0 Å². The molecule has 84 valence electrons.